The van der Waals surface area contributed by atoms with Gasteiger partial charge in [-0.2, -0.15) is 0 Å². The minimum Gasteiger partial charge on any atom is -0.494 e. The Morgan fingerprint density at radius 1 is 1.00 bits per heavy atom. The quantitative estimate of drug-likeness (QED) is 0.513. The fourth-order valence-corrected chi connectivity index (χ4v) is 2.75. The third kappa shape index (κ3) is 7.33. The van der Waals surface area contributed by atoms with Crippen LogP contribution in [0.15, 0.2) is 48.5 Å². The molecule has 0 spiro atoms. The third-order valence-corrected chi connectivity index (χ3v) is 4.32. The average Bonchev–Trinajstić information content (AvgIpc) is 2.67. The number of aryl methyl sites for hydroxylation is 1. The van der Waals surface area contributed by atoms with Crippen LogP contribution in [0.5, 0.6) is 11.5 Å². The van der Waals surface area contributed by atoms with E-state index in [1.54, 1.807) is 0 Å². The third-order valence-electron chi connectivity index (χ3n) is 4.32. The topological polar surface area (TPSA) is 47.6 Å². The van der Waals surface area contributed by atoms with Crippen molar-refractivity contribution >= 4 is 11.6 Å². The number of carbonyl (C=O) groups is 1. The van der Waals surface area contributed by atoms with Crippen LogP contribution in [-0.4, -0.2) is 18.6 Å². The fraction of sp³-hybridized carbons (Fsp3) is 0.435. The van der Waals surface area contributed by atoms with Gasteiger partial charge in [0.2, 0.25) is 0 Å². The summed E-state index contributed by atoms with van der Waals surface area (Å²) in [4.78, 5) is 12.5. The van der Waals surface area contributed by atoms with Crippen molar-refractivity contribution in [1.29, 1.82) is 0 Å². The monoisotopic (exact) mass is 369 g/mol. The highest BCUT2D eigenvalue weighted by atomic mass is 16.5. The smallest absolute Gasteiger partial charge is 0.265 e. The molecule has 4 heteroatoms. The summed E-state index contributed by atoms with van der Waals surface area (Å²) < 4.78 is 11.6. The van der Waals surface area contributed by atoms with Crippen molar-refractivity contribution in [3.63, 3.8) is 0 Å². The molecular formula is C23H31NO3. The van der Waals surface area contributed by atoms with E-state index in [2.05, 4.69) is 12.2 Å². The maximum Gasteiger partial charge on any atom is 0.265 e. The van der Waals surface area contributed by atoms with Gasteiger partial charge in [0.25, 0.3) is 5.91 Å². The predicted molar refractivity (Wildman–Crippen MR) is 111 cm³/mol. The largest absolute Gasteiger partial charge is 0.494 e. The lowest BCUT2D eigenvalue weighted by molar-refractivity contribution is -0.122. The lowest BCUT2D eigenvalue weighted by Gasteiger charge is -2.17. The molecule has 0 heterocycles. The van der Waals surface area contributed by atoms with Gasteiger partial charge in [0, 0.05) is 5.69 Å². The first-order chi connectivity index (χ1) is 13.1. The van der Waals surface area contributed by atoms with Gasteiger partial charge in [0.15, 0.2) is 6.10 Å². The van der Waals surface area contributed by atoms with Crippen LogP contribution in [0.1, 0.15) is 51.5 Å². The summed E-state index contributed by atoms with van der Waals surface area (Å²) in [5.74, 6) is 1.39. The van der Waals surface area contributed by atoms with Crippen LogP contribution < -0.4 is 14.8 Å². The number of ether oxygens (including phenoxy) is 2. The molecule has 2 rings (SSSR count). The Bertz CT molecular complexity index is 697. The molecule has 0 aliphatic heterocycles. The summed E-state index contributed by atoms with van der Waals surface area (Å²) in [6, 6.07) is 15.2. The molecule has 27 heavy (non-hydrogen) atoms. The van der Waals surface area contributed by atoms with E-state index in [0.717, 1.165) is 30.0 Å². The summed E-state index contributed by atoms with van der Waals surface area (Å²) in [6.07, 6.45) is 4.81. The van der Waals surface area contributed by atoms with Crippen molar-refractivity contribution in [2.75, 3.05) is 11.9 Å². The normalized spacial score (nSPS) is 11.7. The molecule has 2 aromatic rings. The van der Waals surface area contributed by atoms with Gasteiger partial charge in [0.05, 0.1) is 6.61 Å². The molecule has 0 bridgehead atoms. The van der Waals surface area contributed by atoms with Crippen LogP contribution >= 0.6 is 0 Å². The van der Waals surface area contributed by atoms with Crippen molar-refractivity contribution in [2.45, 2.75) is 59.0 Å². The van der Waals surface area contributed by atoms with Gasteiger partial charge in [-0.15, -0.1) is 0 Å². The minimum atomic E-state index is -0.527. The Morgan fingerprint density at radius 3 is 2.44 bits per heavy atom. The number of amides is 1. The van der Waals surface area contributed by atoms with Crippen molar-refractivity contribution in [2.24, 2.45) is 0 Å². The molecule has 0 saturated heterocycles. The molecular weight excluding hydrogens is 338 g/mol. The second-order valence-corrected chi connectivity index (χ2v) is 6.75. The van der Waals surface area contributed by atoms with Gasteiger partial charge in [-0.3, -0.25) is 4.79 Å². The first kappa shape index (κ1) is 20.8. The van der Waals surface area contributed by atoms with Crippen LogP contribution in [0.4, 0.5) is 5.69 Å². The van der Waals surface area contributed by atoms with Crippen molar-refractivity contribution in [3.05, 3.63) is 54.1 Å². The number of carbonyl (C=O) groups excluding carboxylic acids is 1. The van der Waals surface area contributed by atoms with Crippen molar-refractivity contribution in [1.82, 2.24) is 0 Å². The Balaban J connectivity index is 1.84. The molecule has 0 saturated carbocycles. The van der Waals surface area contributed by atoms with E-state index < -0.39 is 6.10 Å². The van der Waals surface area contributed by atoms with Crippen molar-refractivity contribution < 1.29 is 14.3 Å². The van der Waals surface area contributed by atoms with Crippen LogP contribution in [0, 0.1) is 6.92 Å². The predicted octanol–water partition coefficient (Wildman–Crippen LogP) is 5.75. The molecule has 1 amide bonds. The number of nitrogens with one attached hydrogen (secondary N) is 1. The SMILES string of the molecule is CCCCCCOc1ccc(NC(=O)[C@@H](CC)Oc2cccc(C)c2)cc1. The lowest BCUT2D eigenvalue weighted by atomic mass is 10.2. The van der Waals surface area contributed by atoms with E-state index >= 15 is 0 Å². The van der Waals surface area contributed by atoms with Crippen LogP contribution in [-0.2, 0) is 4.79 Å². The van der Waals surface area contributed by atoms with Gasteiger partial charge in [-0.1, -0.05) is 45.2 Å². The molecule has 0 aromatic heterocycles. The second-order valence-electron chi connectivity index (χ2n) is 6.75. The van der Waals surface area contributed by atoms with Crippen LogP contribution in [0.3, 0.4) is 0 Å². The maximum atomic E-state index is 12.5. The zero-order valence-electron chi connectivity index (χ0n) is 16.7. The Kier molecular flexibility index (Phi) is 8.69. The van der Waals surface area contributed by atoms with Crippen molar-refractivity contribution in [3.8, 4) is 11.5 Å². The first-order valence-corrected chi connectivity index (χ1v) is 9.89. The van der Waals surface area contributed by atoms with Gasteiger partial charge in [0.1, 0.15) is 11.5 Å². The van der Waals surface area contributed by atoms with E-state index in [0.29, 0.717) is 12.2 Å². The summed E-state index contributed by atoms with van der Waals surface area (Å²) in [5.41, 5.74) is 1.85. The average molecular weight is 370 g/mol. The number of anilines is 1. The highest BCUT2D eigenvalue weighted by Crippen LogP contribution is 2.19. The highest BCUT2D eigenvalue weighted by Gasteiger charge is 2.18. The first-order valence-electron chi connectivity index (χ1n) is 9.89. The second kappa shape index (κ2) is 11.3. The lowest BCUT2D eigenvalue weighted by Crippen LogP contribution is -2.32. The molecule has 1 atom stereocenters. The van der Waals surface area contributed by atoms with Gasteiger partial charge < -0.3 is 14.8 Å². The number of hydrogen-bond acceptors (Lipinski definition) is 3. The van der Waals surface area contributed by atoms with E-state index in [-0.39, 0.29) is 5.91 Å². The van der Waals surface area contributed by atoms with Crippen LogP contribution in [0.2, 0.25) is 0 Å². The Labute approximate surface area is 162 Å². The van der Waals surface area contributed by atoms with Gasteiger partial charge in [-0.05, 0) is 61.7 Å². The fourth-order valence-electron chi connectivity index (χ4n) is 2.75. The number of hydrogen-bond donors (Lipinski definition) is 1. The zero-order chi connectivity index (χ0) is 19.5. The summed E-state index contributed by atoms with van der Waals surface area (Å²) in [7, 11) is 0. The van der Waals surface area contributed by atoms with E-state index in [9.17, 15) is 4.79 Å². The Hall–Kier alpha value is -2.49. The maximum absolute atomic E-state index is 12.5. The molecule has 2 aromatic carbocycles. The zero-order valence-corrected chi connectivity index (χ0v) is 16.7. The van der Waals surface area contributed by atoms with Crippen LogP contribution in [0.25, 0.3) is 0 Å². The standard InChI is InChI=1S/C23H31NO3/c1-4-6-7-8-16-26-20-14-12-19(13-15-20)24-23(25)22(5-2)27-21-11-9-10-18(3)17-21/h9-15,17,22H,4-8,16H2,1-3H3,(H,24,25)/t22-/m1/s1. The molecule has 0 fully saturated rings. The highest BCUT2D eigenvalue weighted by molar-refractivity contribution is 5.94. The molecule has 0 aliphatic carbocycles. The number of rotatable bonds is 11. The summed E-state index contributed by atoms with van der Waals surface area (Å²) in [5, 5.41) is 2.92. The summed E-state index contributed by atoms with van der Waals surface area (Å²) >= 11 is 0. The summed E-state index contributed by atoms with van der Waals surface area (Å²) in [6.45, 7) is 6.87. The van der Waals surface area contributed by atoms with Gasteiger partial charge in [-0.25, -0.2) is 0 Å². The van der Waals surface area contributed by atoms with E-state index in [1.807, 2.05) is 62.4 Å². The Morgan fingerprint density at radius 2 is 1.78 bits per heavy atom. The van der Waals surface area contributed by atoms with E-state index in [1.165, 1.54) is 19.3 Å². The molecule has 4 nitrogen and oxygen atoms in total. The molecule has 1 N–H and O–H groups in total. The molecule has 146 valence electrons. The number of unbranched alkanes of at least 4 members (excludes halogenated alkanes) is 3. The molecule has 0 unspecified atom stereocenters. The number of benzene rings is 2. The minimum absolute atomic E-state index is 0.146. The molecule has 0 radical (unpaired) electrons. The van der Waals surface area contributed by atoms with Gasteiger partial charge >= 0.3 is 0 Å². The van der Waals surface area contributed by atoms with E-state index in [4.69, 9.17) is 9.47 Å². The molecule has 0 aliphatic rings.